The second-order valence-corrected chi connectivity index (χ2v) is 9.48. The summed E-state index contributed by atoms with van der Waals surface area (Å²) in [5, 5.41) is 3.83. The second kappa shape index (κ2) is 9.65. The number of carbonyl (C=O) groups excluding carboxylic acids is 1. The van der Waals surface area contributed by atoms with Gasteiger partial charge in [0, 0.05) is 32.4 Å². The highest BCUT2D eigenvalue weighted by molar-refractivity contribution is 7.92. The minimum atomic E-state index is -3.47. The van der Waals surface area contributed by atoms with Gasteiger partial charge >= 0.3 is 0 Å². The third kappa shape index (κ3) is 4.82. The van der Waals surface area contributed by atoms with E-state index in [-0.39, 0.29) is 30.7 Å². The number of hydrogen-bond acceptors (Lipinski definition) is 5. The molecule has 2 aliphatic rings. The van der Waals surface area contributed by atoms with Crippen molar-refractivity contribution in [1.82, 2.24) is 10.2 Å². The minimum Gasteiger partial charge on any atom is -0.367 e. The van der Waals surface area contributed by atoms with E-state index in [2.05, 4.69) is 10.2 Å². The summed E-state index contributed by atoms with van der Waals surface area (Å²) in [6.45, 7) is 3.42. The molecule has 1 aromatic carbocycles. The van der Waals surface area contributed by atoms with E-state index < -0.39 is 14.6 Å². The molecule has 6 nitrogen and oxygen atoms in total. The molecule has 1 aromatic rings. The molecule has 0 atom stereocenters. The van der Waals surface area contributed by atoms with Crippen LogP contribution in [0.15, 0.2) is 24.3 Å². The average Bonchev–Trinajstić information content (AvgIpc) is 2.61. The fourth-order valence-electron chi connectivity index (χ4n) is 3.72. The molecule has 0 bridgehead atoms. The van der Waals surface area contributed by atoms with Crippen LogP contribution in [-0.4, -0.2) is 69.5 Å². The van der Waals surface area contributed by atoms with Crippen molar-refractivity contribution in [3.63, 3.8) is 0 Å². The molecule has 0 spiro atoms. The lowest BCUT2D eigenvalue weighted by Gasteiger charge is -2.42. The van der Waals surface area contributed by atoms with E-state index in [1.54, 1.807) is 4.90 Å². The van der Waals surface area contributed by atoms with Gasteiger partial charge in [0.05, 0.1) is 10.7 Å². The Morgan fingerprint density at radius 1 is 1.07 bits per heavy atom. The molecule has 2 saturated heterocycles. The van der Waals surface area contributed by atoms with E-state index in [9.17, 15) is 13.2 Å². The van der Waals surface area contributed by atoms with Crippen LogP contribution >= 0.6 is 36.4 Å². The zero-order valence-electron chi connectivity index (χ0n) is 15.2. The Morgan fingerprint density at radius 3 is 2.15 bits per heavy atom. The number of nitrogens with one attached hydrogen (secondary N) is 1. The number of halogens is 3. The van der Waals surface area contributed by atoms with Crippen molar-refractivity contribution in [3.8, 4) is 0 Å². The van der Waals surface area contributed by atoms with Crippen molar-refractivity contribution < 1.29 is 13.2 Å². The molecule has 2 aliphatic heterocycles. The van der Waals surface area contributed by atoms with Crippen molar-refractivity contribution >= 4 is 57.8 Å². The molecule has 3 rings (SSSR count). The number of piperazine rings is 1. The van der Waals surface area contributed by atoms with Crippen LogP contribution in [0.1, 0.15) is 12.8 Å². The molecular formula is C17H26Cl3N3O3S. The van der Waals surface area contributed by atoms with Gasteiger partial charge in [-0.2, -0.15) is 0 Å². The number of carbonyl (C=O) groups is 1. The Kier molecular flexibility index (Phi) is 8.69. The molecule has 27 heavy (non-hydrogen) atoms. The summed E-state index contributed by atoms with van der Waals surface area (Å²) in [5.41, 5.74) is 0.955. The lowest BCUT2D eigenvalue weighted by Crippen LogP contribution is -2.61. The van der Waals surface area contributed by atoms with E-state index >= 15 is 0 Å². The van der Waals surface area contributed by atoms with E-state index in [4.69, 9.17) is 11.6 Å². The third-order valence-corrected chi connectivity index (χ3v) is 7.59. The van der Waals surface area contributed by atoms with Gasteiger partial charge in [0.15, 0.2) is 14.6 Å². The minimum absolute atomic E-state index is 0. The molecule has 154 valence electrons. The first kappa shape index (κ1) is 24.3. The molecule has 0 aromatic heterocycles. The van der Waals surface area contributed by atoms with Crippen molar-refractivity contribution in [2.75, 3.05) is 50.4 Å². The fraction of sp³-hybridized carbons (Fsp3) is 0.588. The summed E-state index contributed by atoms with van der Waals surface area (Å²) in [5.74, 6) is -0.240. The summed E-state index contributed by atoms with van der Waals surface area (Å²) < 4.78 is 23.6. The van der Waals surface area contributed by atoms with Gasteiger partial charge in [0.25, 0.3) is 0 Å². The third-order valence-electron chi connectivity index (χ3n) is 5.27. The smallest absolute Gasteiger partial charge is 0.244 e. The number of piperidine rings is 1. The van der Waals surface area contributed by atoms with Crippen molar-refractivity contribution in [2.45, 2.75) is 17.6 Å². The zero-order chi connectivity index (χ0) is 18.1. The quantitative estimate of drug-likeness (QED) is 0.750. The predicted molar refractivity (Wildman–Crippen MR) is 114 cm³/mol. The van der Waals surface area contributed by atoms with Crippen molar-refractivity contribution in [2.24, 2.45) is 0 Å². The molecule has 0 aliphatic carbocycles. The first-order valence-electron chi connectivity index (χ1n) is 8.54. The number of benzene rings is 1. The van der Waals surface area contributed by atoms with Crippen LogP contribution < -0.4 is 10.2 Å². The van der Waals surface area contributed by atoms with Crippen LogP contribution in [0.3, 0.4) is 0 Å². The molecule has 2 heterocycles. The van der Waals surface area contributed by atoms with Gasteiger partial charge in [-0.15, -0.1) is 24.8 Å². The van der Waals surface area contributed by atoms with Crippen LogP contribution in [0.25, 0.3) is 0 Å². The van der Waals surface area contributed by atoms with Crippen LogP contribution in [0.4, 0.5) is 5.69 Å². The SMILES string of the molecule is CS(=O)(=O)C1(C(=O)N2CCN(c3ccccc3Cl)CC2)CCNCC1.Cl.Cl. The molecule has 1 N–H and O–H groups in total. The Hall–Kier alpha value is -0.730. The fourth-order valence-corrected chi connectivity index (χ4v) is 5.37. The van der Waals surface area contributed by atoms with Gasteiger partial charge in [0.1, 0.15) is 0 Å². The number of para-hydroxylation sites is 1. The maximum absolute atomic E-state index is 13.1. The Morgan fingerprint density at radius 2 is 1.63 bits per heavy atom. The maximum atomic E-state index is 13.1. The summed E-state index contributed by atoms with van der Waals surface area (Å²) >= 11 is 6.25. The van der Waals surface area contributed by atoms with Crippen LogP contribution in [0, 0.1) is 0 Å². The van der Waals surface area contributed by atoms with Gasteiger partial charge in [-0.25, -0.2) is 8.42 Å². The zero-order valence-corrected chi connectivity index (χ0v) is 18.4. The number of sulfone groups is 1. The first-order valence-corrected chi connectivity index (χ1v) is 10.8. The summed E-state index contributed by atoms with van der Waals surface area (Å²) in [6.07, 6.45) is 1.88. The summed E-state index contributed by atoms with van der Waals surface area (Å²) in [6, 6.07) is 7.64. The Labute approximate surface area is 178 Å². The Bertz CT molecular complexity index is 747. The van der Waals surface area contributed by atoms with E-state index in [1.807, 2.05) is 24.3 Å². The normalized spacial score (nSPS) is 19.6. The van der Waals surface area contributed by atoms with E-state index in [0.29, 0.717) is 57.1 Å². The number of amides is 1. The lowest BCUT2D eigenvalue weighted by molar-refractivity contribution is -0.135. The predicted octanol–water partition coefficient (Wildman–Crippen LogP) is 2.00. The van der Waals surface area contributed by atoms with Gasteiger partial charge in [-0.05, 0) is 38.1 Å². The van der Waals surface area contributed by atoms with Gasteiger partial charge < -0.3 is 15.1 Å². The second-order valence-electron chi connectivity index (χ2n) is 6.75. The van der Waals surface area contributed by atoms with Gasteiger partial charge in [-0.1, -0.05) is 23.7 Å². The Balaban J connectivity index is 0.00000182. The van der Waals surface area contributed by atoms with Crippen molar-refractivity contribution in [1.29, 1.82) is 0 Å². The molecule has 10 heteroatoms. The number of hydrogen-bond donors (Lipinski definition) is 1. The number of rotatable bonds is 3. The maximum Gasteiger partial charge on any atom is 0.244 e. The van der Waals surface area contributed by atoms with Crippen LogP contribution in [0.2, 0.25) is 5.02 Å². The highest BCUT2D eigenvalue weighted by atomic mass is 35.5. The molecule has 0 radical (unpaired) electrons. The van der Waals surface area contributed by atoms with Crippen LogP contribution in [0.5, 0.6) is 0 Å². The number of nitrogens with zero attached hydrogens (tertiary/aromatic N) is 2. The number of anilines is 1. The highest BCUT2D eigenvalue weighted by Crippen LogP contribution is 2.31. The van der Waals surface area contributed by atoms with E-state index in [1.165, 1.54) is 6.26 Å². The topological polar surface area (TPSA) is 69.7 Å². The molecule has 0 unspecified atom stereocenters. The monoisotopic (exact) mass is 457 g/mol. The first-order chi connectivity index (χ1) is 11.8. The largest absolute Gasteiger partial charge is 0.367 e. The van der Waals surface area contributed by atoms with E-state index in [0.717, 1.165) is 5.69 Å². The molecular weight excluding hydrogens is 433 g/mol. The van der Waals surface area contributed by atoms with Crippen molar-refractivity contribution in [3.05, 3.63) is 29.3 Å². The van der Waals surface area contributed by atoms with Gasteiger partial charge in [0.2, 0.25) is 5.91 Å². The lowest BCUT2D eigenvalue weighted by atomic mass is 9.94. The van der Waals surface area contributed by atoms with Crippen LogP contribution in [-0.2, 0) is 14.6 Å². The molecule has 2 fully saturated rings. The average molecular weight is 459 g/mol. The molecule has 1 amide bonds. The standard InChI is InChI=1S/C17H24ClN3O3S.2ClH/c1-25(23,24)17(6-8-19-9-7-17)16(22)21-12-10-20(11-13-21)15-5-3-2-4-14(15)18;;/h2-5,19H,6-13H2,1H3;2*1H. The summed E-state index contributed by atoms with van der Waals surface area (Å²) in [7, 11) is -3.47. The molecule has 0 saturated carbocycles. The summed E-state index contributed by atoms with van der Waals surface area (Å²) in [4.78, 5) is 17.0. The van der Waals surface area contributed by atoms with Gasteiger partial charge in [-0.3, -0.25) is 4.79 Å². The highest BCUT2D eigenvalue weighted by Gasteiger charge is 2.50.